The van der Waals surface area contributed by atoms with Gasteiger partial charge in [-0.1, -0.05) is 22.0 Å². The van der Waals surface area contributed by atoms with E-state index in [4.69, 9.17) is 4.74 Å². The zero-order valence-electron chi connectivity index (χ0n) is 11.8. The first kappa shape index (κ1) is 16.5. The molecule has 0 fully saturated rings. The van der Waals surface area contributed by atoms with Crippen molar-refractivity contribution < 1.29 is 9.13 Å². The van der Waals surface area contributed by atoms with Gasteiger partial charge in [-0.2, -0.15) is 0 Å². The second kappa shape index (κ2) is 7.38. The number of methoxy groups -OCH3 is 1. The van der Waals surface area contributed by atoms with Gasteiger partial charge in [0.15, 0.2) is 0 Å². The minimum absolute atomic E-state index is 0.0235. The predicted molar refractivity (Wildman–Crippen MR) is 90.3 cm³/mol. The zero-order valence-corrected chi connectivity index (χ0v) is 15.0. The lowest BCUT2D eigenvalue weighted by Crippen LogP contribution is -2.19. The van der Waals surface area contributed by atoms with Gasteiger partial charge in [0.25, 0.3) is 0 Å². The third-order valence-electron chi connectivity index (χ3n) is 3.34. The Morgan fingerprint density at radius 1 is 1.14 bits per heavy atom. The first-order valence-corrected chi connectivity index (χ1v) is 8.08. The molecule has 112 valence electrons. The van der Waals surface area contributed by atoms with Gasteiger partial charge in [-0.25, -0.2) is 4.39 Å². The fourth-order valence-corrected chi connectivity index (χ4v) is 3.33. The number of ether oxygens (including phenoxy) is 1. The van der Waals surface area contributed by atoms with Crippen LogP contribution in [0.25, 0.3) is 0 Å². The highest BCUT2D eigenvalue weighted by Crippen LogP contribution is 2.30. The molecule has 1 atom stereocenters. The van der Waals surface area contributed by atoms with Gasteiger partial charge in [-0.3, -0.25) is 0 Å². The number of hydrogen-bond acceptors (Lipinski definition) is 2. The molecule has 0 spiro atoms. The maximum atomic E-state index is 13.5. The lowest BCUT2D eigenvalue weighted by Gasteiger charge is -2.19. The van der Waals surface area contributed by atoms with Crippen molar-refractivity contribution in [3.63, 3.8) is 0 Å². The Balaban J connectivity index is 2.26. The Labute approximate surface area is 141 Å². The van der Waals surface area contributed by atoms with Crippen molar-refractivity contribution in [2.45, 2.75) is 12.5 Å². The van der Waals surface area contributed by atoms with Crippen LogP contribution >= 0.6 is 31.9 Å². The van der Waals surface area contributed by atoms with Crippen LogP contribution in [0.1, 0.15) is 17.2 Å². The average molecular weight is 417 g/mol. The van der Waals surface area contributed by atoms with E-state index in [0.717, 1.165) is 32.2 Å². The van der Waals surface area contributed by atoms with E-state index in [-0.39, 0.29) is 11.9 Å². The van der Waals surface area contributed by atoms with E-state index in [1.54, 1.807) is 19.2 Å². The molecule has 0 bridgehead atoms. The van der Waals surface area contributed by atoms with Crippen LogP contribution in [0.4, 0.5) is 4.39 Å². The summed E-state index contributed by atoms with van der Waals surface area (Å²) < 4.78 is 20.5. The molecule has 0 aliphatic rings. The Kier molecular flexibility index (Phi) is 5.79. The van der Waals surface area contributed by atoms with Crippen molar-refractivity contribution in [3.8, 4) is 5.75 Å². The molecular formula is C16H16Br2FNO. The maximum Gasteiger partial charge on any atom is 0.133 e. The summed E-state index contributed by atoms with van der Waals surface area (Å²) in [5.41, 5.74) is 2.04. The number of likely N-dealkylation sites (N-methyl/N-ethyl adjacent to an activating group) is 1. The van der Waals surface area contributed by atoms with Crippen molar-refractivity contribution in [1.82, 2.24) is 5.32 Å². The van der Waals surface area contributed by atoms with Crippen molar-refractivity contribution >= 4 is 31.9 Å². The third kappa shape index (κ3) is 4.05. The maximum absolute atomic E-state index is 13.5. The van der Waals surface area contributed by atoms with E-state index >= 15 is 0 Å². The summed E-state index contributed by atoms with van der Waals surface area (Å²) in [6.45, 7) is 0. The van der Waals surface area contributed by atoms with Gasteiger partial charge in [0, 0.05) is 10.5 Å². The van der Waals surface area contributed by atoms with Crippen molar-refractivity contribution in [1.29, 1.82) is 0 Å². The predicted octanol–water partition coefficient (Wildman–Crippen LogP) is 4.86. The monoisotopic (exact) mass is 415 g/mol. The smallest absolute Gasteiger partial charge is 0.133 e. The SMILES string of the molecule is CNC(Cc1ccc(OC)c(Br)c1)c1cc(F)ccc1Br. The molecule has 0 saturated heterocycles. The highest BCUT2D eigenvalue weighted by atomic mass is 79.9. The molecule has 0 radical (unpaired) electrons. The van der Waals surface area contributed by atoms with Crippen molar-refractivity contribution in [3.05, 3.63) is 62.3 Å². The largest absolute Gasteiger partial charge is 0.496 e. The Hall–Kier alpha value is -0.910. The highest BCUT2D eigenvalue weighted by molar-refractivity contribution is 9.10. The second-order valence-corrected chi connectivity index (χ2v) is 6.39. The van der Waals surface area contributed by atoms with E-state index in [2.05, 4.69) is 37.2 Å². The van der Waals surface area contributed by atoms with Crippen LogP contribution in [-0.2, 0) is 6.42 Å². The van der Waals surface area contributed by atoms with E-state index in [1.807, 2.05) is 25.2 Å². The fraction of sp³-hybridized carbons (Fsp3) is 0.250. The van der Waals surface area contributed by atoms with Crippen LogP contribution in [-0.4, -0.2) is 14.2 Å². The molecule has 2 rings (SSSR count). The quantitative estimate of drug-likeness (QED) is 0.751. The standard InChI is InChI=1S/C16H16Br2FNO/c1-20-15(12-9-11(19)4-5-13(12)17)8-10-3-6-16(21-2)14(18)7-10/h3-7,9,15,20H,8H2,1-2H3. The molecule has 2 nitrogen and oxygen atoms in total. The number of rotatable bonds is 5. The first-order chi connectivity index (χ1) is 10.0. The Bertz CT molecular complexity index is 634. The van der Waals surface area contributed by atoms with Gasteiger partial charge in [-0.15, -0.1) is 0 Å². The molecule has 0 amide bonds. The summed E-state index contributed by atoms with van der Waals surface area (Å²) in [6, 6.07) is 10.7. The molecule has 1 unspecified atom stereocenters. The summed E-state index contributed by atoms with van der Waals surface area (Å²) in [6.07, 6.45) is 0.751. The van der Waals surface area contributed by atoms with Gasteiger partial charge < -0.3 is 10.1 Å². The lowest BCUT2D eigenvalue weighted by molar-refractivity contribution is 0.412. The molecule has 0 heterocycles. The first-order valence-electron chi connectivity index (χ1n) is 6.49. The van der Waals surface area contributed by atoms with Gasteiger partial charge in [0.05, 0.1) is 11.6 Å². The van der Waals surface area contributed by atoms with Crippen LogP contribution in [0.3, 0.4) is 0 Å². The molecule has 5 heteroatoms. The van der Waals surface area contributed by atoms with Gasteiger partial charge >= 0.3 is 0 Å². The highest BCUT2D eigenvalue weighted by Gasteiger charge is 2.15. The second-order valence-electron chi connectivity index (χ2n) is 4.68. The normalized spacial score (nSPS) is 12.2. The fourth-order valence-electron chi connectivity index (χ4n) is 2.22. The van der Waals surface area contributed by atoms with Crippen LogP contribution in [0.2, 0.25) is 0 Å². The molecule has 2 aromatic rings. The van der Waals surface area contributed by atoms with E-state index < -0.39 is 0 Å². The molecule has 0 saturated carbocycles. The molecule has 1 N–H and O–H groups in total. The topological polar surface area (TPSA) is 21.3 Å². The van der Waals surface area contributed by atoms with E-state index in [1.165, 1.54) is 6.07 Å². The molecule has 21 heavy (non-hydrogen) atoms. The van der Waals surface area contributed by atoms with Gasteiger partial charge in [0.2, 0.25) is 0 Å². The number of hydrogen-bond donors (Lipinski definition) is 1. The summed E-state index contributed by atoms with van der Waals surface area (Å²) in [5.74, 6) is 0.566. The summed E-state index contributed by atoms with van der Waals surface area (Å²) in [4.78, 5) is 0. The van der Waals surface area contributed by atoms with Crippen molar-refractivity contribution in [2.75, 3.05) is 14.2 Å². The van der Waals surface area contributed by atoms with Gasteiger partial charge in [0.1, 0.15) is 11.6 Å². The lowest BCUT2D eigenvalue weighted by atomic mass is 9.99. The number of halogens is 3. The molecule has 0 aromatic heterocycles. The third-order valence-corrected chi connectivity index (χ3v) is 4.68. The summed E-state index contributed by atoms with van der Waals surface area (Å²) in [7, 11) is 3.51. The Morgan fingerprint density at radius 2 is 1.90 bits per heavy atom. The minimum Gasteiger partial charge on any atom is -0.496 e. The molecule has 0 aliphatic carbocycles. The van der Waals surface area contributed by atoms with Crippen molar-refractivity contribution in [2.24, 2.45) is 0 Å². The average Bonchev–Trinajstić information content (AvgIpc) is 2.47. The Morgan fingerprint density at radius 3 is 2.52 bits per heavy atom. The van der Waals surface area contributed by atoms with E-state index in [9.17, 15) is 4.39 Å². The van der Waals surface area contributed by atoms with Crippen LogP contribution in [0.5, 0.6) is 5.75 Å². The van der Waals surface area contributed by atoms with Crippen LogP contribution < -0.4 is 10.1 Å². The van der Waals surface area contributed by atoms with E-state index in [0.29, 0.717) is 0 Å². The molecule has 0 aliphatic heterocycles. The van der Waals surface area contributed by atoms with Gasteiger partial charge in [-0.05, 0) is 70.9 Å². The van der Waals surface area contributed by atoms with Crippen LogP contribution in [0, 0.1) is 5.82 Å². The number of nitrogens with one attached hydrogen (secondary N) is 1. The molecule has 2 aromatic carbocycles. The summed E-state index contributed by atoms with van der Waals surface area (Å²) >= 11 is 6.97. The molecular weight excluding hydrogens is 401 g/mol. The minimum atomic E-state index is -0.232. The van der Waals surface area contributed by atoms with Crippen LogP contribution in [0.15, 0.2) is 45.3 Å². The zero-order chi connectivity index (χ0) is 15.4. The number of benzene rings is 2. The summed E-state index contributed by atoms with van der Waals surface area (Å²) in [5, 5.41) is 3.24.